The lowest BCUT2D eigenvalue weighted by Crippen LogP contribution is -2.46. The first kappa shape index (κ1) is 17.8. The van der Waals surface area contributed by atoms with E-state index in [2.05, 4.69) is 0 Å². The molecule has 2 N–H and O–H groups in total. The number of rotatable bonds is 6. The molecule has 1 saturated carbocycles. The summed E-state index contributed by atoms with van der Waals surface area (Å²) in [7, 11) is 1.84. The zero-order valence-corrected chi connectivity index (χ0v) is 13.4. The van der Waals surface area contributed by atoms with E-state index in [1.54, 1.807) is 4.90 Å². The highest BCUT2D eigenvalue weighted by Gasteiger charge is 2.41. The van der Waals surface area contributed by atoms with E-state index in [-0.39, 0.29) is 23.7 Å². The van der Waals surface area contributed by atoms with Crippen molar-refractivity contribution < 1.29 is 9.53 Å². The predicted octanol–water partition coefficient (Wildman–Crippen LogP) is 2.46. The molecule has 1 aromatic rings. The van der Waals surface area contributed by atoms with Crippen LogP contribution in [-0.2, 0) is 4.79 Å². The molecule has 1 amide bonds. The Balaban J connectivity index is 0.00000220. The summed E-state index contributed by atoms with van der Waals surface area (Å²) in [5, 5.41) is 0. The molecule has 0 radical (unpaired) electrons. The van der Waals surface area contributed by atoms with Crippen LogP contribution in [0.1, 0.15) is 25.7 Å². The van der Waals surface area contributed by atoms with Gasteiger partial charge in [-0.05, 0) is 25.0 Å². The molecule has 5 heteroatoms. The van der Waals surface area contributed by atoms with Gasteiger partial charge in [0.05, 0.1) is 12.0 Å². The third kappa shape index (κ3) is 4.35. The summed E-state index contributed by atoms with van der Waals surface area (Å²) in [6, 6.07) is 9.66. The quantitative estimate of drug-likeness (QED) is 0.878. The molecule has 21 heavy (non-hydrogen) atoms. The number of nitrogens with two attached hydrogens (primary N) is 1. The van der Waals surface area contributed by atoms with Gasteiger partial charge in [-0.15, -0.1) is 12.4 Å². The molecule has 2 rings (SSSR count). The molecular formula is C16H25ClN2O2. The first-order valence-electron chi connectivity index (χ1n) is 7.31. The van der Waals surface area contributed by atoms with E-state index in [4.69, 9.17) is 10.5 Å². The van der Waals surface area contributed by atoms with Crippen molar-refractivity contribution in [1.29, 1.82) is 0 Å². The van der Waals surface area contributed by atoms with Gasteiger partial charge >= 0.3 is 0 Å². The minimum absolute atomic E-state index is 0. The fourth-order valence-electron chi connectivity index (χ4n) is 2.88. The highest BCUT2D eigenvalue weighted by molar-refractivity contribution is 5.85. The Labute approximate surface area is 133 Å². The first-order chi connectivity index (χ1) is 9.68. The zero-order chi connectivity index (χ0) is 14.4. The minimum atomic E-state index is -0.318. The molecule has 118 valence electrons. The molecule has 4 nitrogen and oxygen atoms in total. The number of carbonyl (C=O) groups excluding carboxylic acids is 1. The van der Waals surface area contributed by atoms with Crippen LogP contribution in [0.25, 0.3) is 0 Å². The summed E-state index contributed by atoms with van der Waals surface area (Å²) < 4.78 is 5.63. The number of benzene rings is 1. The van der Waals surface area contributed by atoms with Crippen molar-refractivity contribution in [2.24, 2.45) is 11.1 Å². The molecule has 0 spiro atoms. The minimum Gasteiger partial charge on any atom is -0.492 e. The van der Waals surface area contributed by atoms with Gasteiger partial charge in [-0.3, -0.25) is 4.79 Å². The largest absolute Gasteiger partial charge is 0.492 e. The summed E-state index contributed by atoms with van der Waals surface area (Å²) in [6.07, 6.45) is 4.06. The molecule has 0 heterocycles. The van der Waals surface area contributed by atoms with Crippen LogP contribution in [0.2, 0.25) is 0 Å². The molecule has 0 unspecified atom stereocenters. The number of para-hydroxylation sites is 1. The standard InChI is InChI=1S/C16H24N2O2.ClH/c1-18(11-12-20-14-7-3-2-4-8-14)15(19)16(13-17)9-5-6-10-16;/h2-4,7-8H,5-6,9-13,17H2,1H3;1H. The van der Waals surface area contributed by atoms with Gasteiger partial charge in [-0.1, -0.05) is 31.0 Å². The number of carbonyl (C=O) groups is 1. The van der Waals surface area contributed by atoms with Crippen molar-refractivity contribution in [3.63, 3.8) is 0 Å². The van der Waals surface area contributed by atoms with Crippen molar-refractivity contribution >= 4 is 18.3 Å². The third-order valence-corrected chi connectivity index (χ3v) is 4.19. The highest BCUT2D eigenvalue weighted by Crippen LogP contribution is 2.38. The SMILES string of the molecule is CN(CCOc1ccccc1)C(=O)C1(CN)CCCC1.Cl. The molecule has 0 atom stereocenters. The smallest absolute Gasteiger partial charge is 0.229 e. The summed E-state index contributed by atoms with van der Waals surface area (Å²) in [6.45, 7) is 1.55. The second-order valence-electron chi connectivity index (χ2n) is 5.58. The van der Waals surface area contributed by atoms with Crippen molar-refractivity contribution in [3.05, 3.63) is 30.3 Å². The second-order valence-corrected chi connectivity index (χ2v) is 5.58. The van der Waals surface area contributed by atoms with Crippen molar-refractivity contribution in [2.45, 2.75) is 25.7 Å². The lowest BCUT2D eigenvalue weighted by Gasteiger charge is -2.31. The predicted molar refractivity (Wildman–Crippen MR) is 86.8 cm³/mol. The number of nitrogens with zero attached hydrogens (tertiary/aromatic N) is 1. The van der Waals surface area contributed by atoms with Crippen LogP contribution in [0.4, 0.5) is 0 Å². The van der Waals surface area contributed by atoms with Crippen LogP contribution in [0, 0.1) is 5.41 Å². The fraction of sp³-hybridized carbons (Fsp3) is 0.562. The van der Waals surface area contributed by atoms with E-state index in [1.807, 2.05) is 37.4 Å². The topological polar surface area (TPSA) is 55.6 Å². The zero-order valence-electron chi connectivity index (χ0n) is 12.6. The summed E-state index contributed by atoms with van der Waals surface area (Å²) >= 11 is 0. The number of amides is 1. The molecule has 1 aliphatic carbocycles. The lowest BCUT2D eigenvalue weighted by molar-refractivity contribution is -0.140. The van der Waals surface area contributed by atoms with Crippen LogP contribution < -0.4 is 10.5 Å². The summed E-state index contributed by atoms with van der Waals surface area (Å²) in [5.41, 5.74) is 5.53. The normalized spacial score (nSPS) is 16.1. The van der Waals surface area contributed by atoms with E-state index in [1.165, 1.54) is 0 Å². The van der Waals surface area contributed by atoms with Gasteiger partial charge in [-0.2, -0.15) is 0 Å². The molecule has 1 aromatic carbocycles. The Morgan fingerprint density at radius 2 is 1.90 bits per heavy atom. The number of hydrogen-bond acceptors (Lipinski definition) is 3. The van der Waals surface area contributed by atoms with Crippen LogP contribution in [0.5, 0.6) is 5.75 Å². The molecule has 1 aliphatic rings. The van der Waals surface area contributed by atoms with E-state index in [0.717, 1.165) is 31.4 Å². The lowest BCUT2D eigenvalue weighted by atomic mass is 9.85. The molecule has 0 bridgehead atoms. The Morgan fingerprint density at radius 3 is 2.48 bits per heavy atom. The average molecular weight is 313 g/mol. The summed E-state index contributed by atoms with van der Waals surface area (Å²) in [4.78, 5) is 14.3. The first-order valence-corrected chi connectivity index (χ1v) is 7.31. The Kier molecular flexibility index (Phi) is 6.99. The van der Waals surface area contributed by atoms with Crippen molar-refractivity contribution in [2.75, 3.05) is 26.7 Å². The Morgan fingerprint density at radius 1 is 1.29 bits per heavy atom. The van der Waals surface area contributed by atoms with Gasteiger partial charge in [-0.25, -0.2) is 0 Å². The van der Waals surface area contributed by atoms with E-state index < -0.39 is 0 Å². The van der Waals surface area contributed by atoms with Gasteiger partial charge < -0.3 is 15.4 Å². The van der Waals surface area contributed by atoms with Crippen LogP contribution >= 0.6 is 12.4 Å². The Bertz CT molecular complexity index is 433. The maximum Gasteiger partial charge on any atom is 0.229 e. The Hall–Kier alpha value is -1.26. The van der Waals surface area contributed by atoms with Crippen molar-refractivity contribution in [3.8, 4) is 5.75 Å². The van der Waals surface area contributed by atoms with Crippen molar-refractivity contribution in [1.82, 2.24) is 4.90 Å². The van der Waals surface area contributed by atoms with Gasteiger partial charge in [0, 0.05) is 13.6 Å². The second kappa shape index (κ2) is 8.25. The number of halogens is 1. The number of ether oxygens (including phenoxy) is 1. The molecule has 0 aromatic heterocycles. The van der Waals surface area contributed by atoms with Gasteiger partial charge in [0.25, 0.3) is 0 Å². The fourth-order valence-corrected chi connectivity index (χ4v) is 2.88. The molecule has 0 saturated heterocycles. The summed E-state index contributed by atoms with van der Waals surface area (Å²) in [5.74, 6) is 1.01. The number of likely N-dealkylation sites (N-methyl/N-ethyl adjacent to an activating group) is 1. The number of hydrogen-bond donors (Lipinski definition) is 1. The van der Waals surface area contributed by atoms with E-state index in [9.17, 15) is 4.79 Å². The molecule has 0 aliphatic heterocycles. The third-order valence-electron chi connectivity index (χ3n) is 4.19. The maximum absolute atomic E-state index is 12.5. The van der Waals surface area contributed by atoms with Crippen LogP contribution in [0.3, 0.4) is 0 Å². The van der Waals surface area contributed by atoms with E-state index in [0.29, 0.717) is 19.7 Å². The van der Waals surface area contributed by atoms with Gasteiger partial charge in [0.1, 0.15) is 12.4 Å². The van der Waals surface area contributed by atoms with E-state index >= 15 is 0 Å². The molecular weight excluding hydrogens is 288 g/mol. The molecule has 1 fully saturated rings. The monoisotopic (exact) mass is 312 g/mol. The van der Waals surface area contributed by atoms with Crippen LogP contribution in [-0.4, -0.2) is 37.6 Å². The highest BCUT2D eigenvalue weighted by atomic mass is 35.5. The maximum atomic E-state index is 12.5. The van der Waals surface area contributed by atoms with Gasteiger partial charge in [0.2, 0.25) is 5.91 Å². The van der Waals surface area contributed by atoms with Crippen LogP contribution in [0.15, 0.2) is 30.3 Å². The average Bonchev–Trinajstić information content (AvgIpc) is 2.97. The van der Waals surface area contributed by atoms with Gasteiger partial charge in [0.15, 0.2) is 0 Å².